The van der Waals surface area contributed by atoms with Crippen LogP contribution >= 0.6 is 23.4 Å². The van der Waals surface area contributed by atoms with E-state index in [0.717, 1.165) is 5.56 Å². The average molecular weight is 494 g/mol. The van der Waals surface area contributed by atoms with E-state index in [9.17, 15) is 13.2 Å². The van der Waals surface area contributed by atoms with Crippen molar-refractivity contribution in [1.82, 2.24) is 19.1 Å². The van der Waals surface area contributed by atoms with Crippen molar-refractivity contribution in [3.8, 4) is 11.4 Å². The molecule has 170 valence electrons. The van der Waals surface area contributed by atoms with Crippen molar-refractivity contribution >= 4 is 45.0 Å². The number of nitrogens with zero attached hydrogens (tertiary/aromatic N) is 4. The molecule has 1 amide bonds. The topological polar surface area (TPSA) is 97.2 Å². The summed E-state index contributed by atoms with van der Waals surface area (Å²) in [6.45, 7) is 4.24. The average Bonchev–Trinajstić information content (AvgIpc) is 3.15. The van der Waals surface area contributed by atoms with Crippen LogP contribution < -0.4 is 5.32 Å². The van der Waals surface area contributed by atoms with Crippen molar-refractivity contribution in [2.75, 3.05) is 24.2 Å². The van der Waals surface area contributed by atoms with Crippen LogP contribution in [0.4, 0.5) is 5.69 Å². The Balaban J connectivity index is 1.70. The van der Waals surface area contributed by atoms with Gasteiger partial charge in [0.15, 0.2) is 11.0 Å². The first kappa shape index (κ1) is 24.2. The quantitative estimate of drug-likeness (QED) is 0.454. The zero-order valence-corrected chi connectivity index (χ0v) is 20.3. The van der Waals surface area contributed by atoms with Gasteiger partial charge in [-0.2, -0.15) is 4.31 Å². The maximum absolute atomic E-state index is 12.8. The van der Waals surface area contributed by atoms with Gasteiger partial charge in [0, 0.05) is 25.7 Å². The van der Waals surface area contributed by atoms with Crippen LogP contribution in [0.3, 0.4) is 0 Å². The lowest BCUT2D eigenvalue weighted by molar-refractivity contribution is -0.113. The number of aromatic nitrogens is 3. The molecule has 2 aromatic carbocycles. The van der Waals surface area contributed by atoms with E-state index in [1.807, 2.05) is 41.9 Å². The summed E-state index contributed by atoms with van der Waals surface area (Å²) in [6.07, 6.45) is 0. The summed E-state index contributed by atoms with van der Waals surface area (Å²) in [5.41, 5.74) is 1.17. The number of rotatable bonds is 9. The summed E-state index contributed by atoms with van der Waals surface area (Å²) in [5, 5.41) is 11.9. The van der Waals surface area contributed by atoms with Gasteiger partial charge >= 0.3 is 0 Å². The molecule has 1 aromatic heterocycles. The van der Waals surface area contributed by atoms with Gasteiger partial charge in [0.25, 0.3) is 0 Å². The Hall–Kier alpha value is -2.40. The molecule has 0 aliphatic rings. The molecule has 11 heteroatoms. The van der Waals surface area contributed by atoms with E-state index >= 15 is 0 Å². The summed E-state index contributed by atoms with van der Waals surface area (Å²) in [6, 6.07) is 13.9. The number of carbonyl (C=O) groups is 1. The minimum Gasteiger partial charge on any atom is -0.324 e. The number of amides is 1. The Bertz CT molecular complexity index is 1200. The van der Waals surface area contributed by atoms with Crippen LogP contribution in [-0.2, 0) is 21.9 Å². The summed E-state index contributed by atoms with van der Waals surface area (Å²) in [5.74, 6) is 0.425. The first-order valence-electron chi connectivity index (χ1n) is 9.95. The Kier molecular flexibility index (Phi) is 7.94. The fraction of sp³-hybridized carbons (Fsp3) is 0.286. The highest BCUT2D eigenvalue weighted by atomic mass is 35.5. The van der Waals surface area contributed by atoms with Gasteiger partial charge < -0.3 is 9.88 Å². The molecule has 0 aliphatic carbocycles. The van der Waals surface area contributed by atoms with Crippen LogP contribution in [0.15, 0.2) is 58.6 Å². The predicted octanol–water partition coefficient (Wildman–Crippen LogP) is 3.90. The number of anilines is 1. The maximum atomic E-state index is 12.8. The number of thioether (sulfide) groups is 1. The summed E-state index contributed by atoms with van der Waals surface area (Å²) >= 11 is 7.42. The largest absolute Gasteiger partial charge is 0.324 e. The molecule has 8 nitrogen and oxygen atoms in total. The normalized spacial score (nSPS) is 11.7. The van der Waals surface area contributed by atoms with E-state index in [4.69, 9.17) is 11.6 Å². The lowest BCUT2D eigenvalue weighted by atomic mass is 10.2. The fourth-order valence-electron chi connectivity index (χ4n) is 3.07. The Morgan fingerprint density at radius 3 is 2.47 bits per heavy atom. The van der Waals surface area contributed by atoms with Gasteiger partial charge in [-0.15, -0.1) is 10.2 Å². The molecule has 0 bridgehead atoms. The van der Waals surface area contributed by atoms with Gasteiger partial charge in [0.05, 0.1) is 21.4 Å². The highest BCUT2D eigenvalue weighted by Crippen LogP contribution is 2.28. The Morgan fingerprint density at radius 1 is 1.12 bits per heavy atom. The molecule has 3 rings (SSSR count). The molecule has 0 radical (unpaired) electrons. The van der Waals surface area contributed by atoms with E-state index in [0.29, 0.717) is 24.1 Å². The highest BCUT2D eigenvalue weighted by molar-refractivity contribution is 7.99. The molecule has 1 heterocycles. The van der Waals surface area contributed by atoms with Gasteiger partial charge in [-0.1, -0.05) is 67.5 Å². The fourth-order valence-corrected chi connectivity index (χ4v) is 5.43. The standard InChI is InChI=1S/C21H24ClN5O3S2/c1-4-27(5-2)32(29,30)16-11-12-17(22)18(13-16)23-19(28)14-31-21-25-24-20(26(21)3)15-9-7-6-8-10-15/h6-13H,4-5,14H2,1-3H3,(H,23,28). The summed E-state index contributed by atoms with van der Waals surface area (Å²) in [4.78, 5) is 12.6. The molecule has 0 aliphatic heterocycles. The second kappa shape index (κ2) is 10.5. The van der Waals surface area contributed by atoms with E-state index in [2.05, 4.69) is 15.5 Å². The predicted molar refractivity (Wildman–Crippen MR) is 127 cm³/mol. The number of benzene rings is 2. The third-order valence-electron chi connectivity index (χ3n) is 4.75. The van der Waals surface area contributed by atoms with Crippen LogP contribution in [0.25, 0.3) is 11.4 Å². The van der Waals surface area contributed by atoms with E-state index in [-0.39, 0.29) is 27.3 Å². The van der Waals surface area contributed by atoms with Crippen LogP contribution in [0.2, 0.25) is 5.02 Å². The second-order valence-electron chi connectivity index (χ2n) is 6.80. The van der Waals surface area contributed by atoms with Crippen molar-refractivity contribution in [2.45, 2.75) is 23.9 Å². The van der Waals surface area contributed by atoms with Gasteiger partial charge in [0.2, 0.25) is 15.9 Å². The zero-order valence-electron chi connectivity index (χ0n) is 17.9. The SMILES string of the molecule is CCN(CC)S(=O)(=O)c1ccc(Cl)c(NC(=O)CSc2nnc(-c3ccccc3)n2C)c1. The molecule has 3 aromatic rings. The monoisotopic (exact) mass is 493 g/mol. The van der Waals surface area contributed by atoms with Crippen molar-refractivity contribution in [3.05, 3.63) is 53.6 Å². The van der Waals surface area contributed by atoms with Crippen molar-refractivity contribution in [3.63, 3.8) is 0 Å². The first-order chi connectivity index (χ1) is 15.3. The number of hydrogen-bond donors (Lipinski definition) is 1. The van der Waals surface area contributed by atoms with Gasteiger partial charge in [0.1, 0.15) is 0 Å². The van der Waals surface area contributed by atoms with Gasteiger partial charge in [-0.25, -0.2) is 8.42 Å². The van der Waals surface area contributed by atoms with E-state index in [1.54, 1.807) is 13.8 Å². The third kappa shape index (κ3) is 5.32. The number of sulfonamides is 1. The molecule has 0 unspecified atom stereocenters. The van der Waals surface area contributed by atoms with Crippen LogP contribution in [0.5, 0.6) is 0 Å². The van der Waals surface area contributed by atoms with Crippen LogP contribution in [0, 0.1) is 0 Å². The number of hydrogen-bond acceptors (Lipinski definition) is 6. The zero-order chi connectivity index (χ0) is 23.3. The molecule has 1 N–H and O–H groups in total. The molecule has 0 saturated carbocycles. The molecule has 0 saturated heterocycles. The highest BCUT2D eigenvalue weighted by Gasteiger charge is 2.23. The van der Waals surface area contributed by atoms with Crippen molar-refractivity contribution in [1.29, 1.82) is 0 Å². The van der Waals surface area contributed by atoms with Gasteiger partial charge in [-0.05, 0) is 18.2 Å². The maximum Gasteiger partial charge on any atom is 0.243 e. The minimum absolute atomic E-state index is 0.0596. The number of halogens is 1. The summed E-state index contributed by atoms with van der Waals surface area (Å²) in [7, 11) is -1.83. The first-order valence-corrected chi connectivity index (χ1v) is 12.8. The van der Waals surface area contributed by atoms with Crippen LogP contribution in [-0.4, -0.2) is 52.2 Å². The Labute approximate surface area is 197 Å². The Morgan fingerprint density at radius 2 is 1.81 bits per heavy atom. The van der Waals surface area contributed by atoms with Gasteiger partial charge in [-0.3, -0.25) is 4.79 Å². The van der Waals surface area contributed by atoms with E-state index in [1.165, 1.54) is 34.3 Å². The van der Waals surface area contributed by atoms with Crippen molar-refractivity contribution < 1.29 is 13.2 Å². The van der Waals surface area contributed by atoms with Crippen molar-refractivity contribution in [2.24, 2.45) is 7.05 Å². The number of carbonyl (C=O) groups excluding carboxylic acids is 1. The van der Waals surface area contributed by atoms with Crippen LogP contribution in [0.1, 0.15) is 13.8 Å². The minimum atomic E-state index is -3.66. The van der Waals surface area contributed by atoms with E-state index < -0.39 is 10.0 Å². The molecular weight excluding hydrogens is 470 g/mol. The molecular formula is C21H24ClN5O3S2. The smallest absolute Gasteiger partial charge is 0.243 e. The second-order valence-corrected chi connectivity index (χ2v) is 10.1. The molecule has 0 spiro atoms. The lowest BCUT2D eigenvalue weighted by Gasteiger charge is -2.19. The molecule has 0 fully saturated rings. The third-order valence-corrected chi connectivity index (χ3v) is 8.15. The number of nitrogens with one attached hydrogen (secondary N) is 1. The summed E-state index contributed by atoms with van der Waals surface area (Å²) < 4.78 is 28.7. The molecule has 32 heavy (non-hydrogen) atoms. The lowest BCUT2D eigenvalue weighted by Crippen LogP contribution is -2.30. The molecule has 0 atom stereocenters.